The predicted octanol–water partition coefficient (Wildman–Crippen LogP) is 2.25. The van der Waals surface area contributed by atoms with E-state index in [0.717, 1.165) is 48.1 Å². The first-order valence-corrected chi connectivity index (χ1v) is 6.68. The van der Waals surface area contributed by atoms with Gasteiger partial charge in [-0.1, -0.05) is 0 Å². The van der Waals surface area contributed by atoms with Crippen molar-refractivity contribution in [3.63, 3.8) is 0 Å². The third kappa shape index (κ3) is 1.80. The average molecular weight is 247 g/mol. The van der Waals surface area contributed by atoms with Gasteiger partial charge in [0, 0.05) is 6.54 Å². The normalized spacial score (nSPS) is 20.7. The molecule has 0 aromatic carbocycles. The van der Waals surface area contributed by atoms with Crippen molar-refractivity contribution < 1.29 is 4.79 Å². The Bertz CT molecular complexity index is 539. The highest BCUT2D eigenvalue weighted by Gasteiger charge is 2.24. The number of carbonyl (C=O) groups excluding carboxylic acids is 1. The van der Waals surface area contributed by atoms with Crippen molar-refractivity contribution in [1.29, 1.82) is 0 Å². The molecule has 17 heavy (non-hydrogen) atoms. The van der Waals surface area contributed by atoms with Crippen LogP contribution in [0.4, 0.5) is 5.82 Å². The van der Waals surface area contributed by atoms with E-state index in [-0.39, 0.29) is 6.04 Å². The molecule has 0 N–H and O–H groups in total. The van der Waals surface area contributed by atoms with Crippen LogP contribution in [0.5, 0.6) is 0 Å². The van der Waals surface area contributed by atoms with E-state index >= 15 is 0 Å². The van der Waals surface area contributed by atoms with Gasteiger partial charge in [0.25, 0.3) is 0 Å². The van der Waals surface area contributed by atoms with Crippen LogP contribution < -0.4 is 4.90 Å². The molecule has 0 spiro atoms. The number of aldehydes is 1. The Morgan fingerprint density at radius 3 is 3.24 bits per heavy atom. The molecule has 2 aromatic rings. The Kier molecular flexibility index (Phi) is 2.76. The standard InChI is InChI=1S/C12H13N3OS/c16-7-9-3-1-2-5-15(9)11-10-4-6-17-12(10)14-8-13-11/h4,6-9H,1-3,5H2. The molecule has 0 aliphatic carbocycles. The lowest BCUT2D eigenvalue weighted by Crippen LogP contribution is -2.41. The molecule has 4 nitrogen and oxygen atoms in total. The molecule has 88 valence electrons. The first kappa shape index (κ1) is 10.7. The van der Waals surface area contributed by atoms with Crippen LogP contribution in [0.25, 0.3) is 10.2 Å². The third-order valence-corrected chi connectivity index (χ3v) is 4.04. The Labute approximate surface area is 103 Å². The maximum absolute atomic E-state index is 11.1. The van der Waals surface area contributed by atoms with Gasteiger partial charge in [-0.3, -0.25) is 0 Å². The van der Waals surface area contributed by atoms with Crippen LogP contribution in [0.3, 0.4) is 0 Å². The zero-order chi connectivity index (χ0) is 11.7. The number of carbonyl (C=O) groups is 1. The number of aromatic nitrogens is 2. The van der Waals surface area contributed by atoms with Crippen LogP contribution in [0.1, 0.15) is 19.3 Å². The topological polar surface area (TPSA) is 46.1 Å². The fraction of sp³-hybridized carbons (Fsp3) is 0.417. The maximum atomic E-state index is 11.1. The smallest absolute Gasteiger partial charge is 0.142 e. The van der Waals surface area contributed by atoms with Crippen LogP contribution in [-0.2, 0) is 4.79 Å². The molecule has 1 unspecified atom stereocenters. The summed E-state index contributed by atoms with van der Waals surface area (Å²) in [6.07, 6.45) is 5.81. The van der Waals surface area contributed by atoms with E-state index in [0.29, 0.717) is 0 Å². The van der Waals surface area contributed by atoms with Gasteiger partial charge in [-0.2, -0.15) is 0 Å². The van der Waals surface area contributed by atoms with E-state index in [1.165, 1.54) is 0 Å². The summed E-state index contributed by atoms with van der Waals surface area (Å²) in [6.45, 7) is 0.908. The predicted molar refractivity (Wildman–Crippen MR) is 68.5 cm³/mol. The van der Waals surface area contributed by atoms with Gasteiger partial charge >= 0.3 is 0 Å². The van der Waals surface area contributed by atoms with Crippen molar-refractivity contribution in [2.24, 2.45) is 0 Å². The Morgan fingerprint density at radius 1 is 1.41 bits per heavy atom. The van der Waals surface area contributed by atoms with Crippen molar-refractivity contribution in [1.82, 2.24) is 9.97 Å². The highest BCUT2D eigenvalue weighted by atomic mass is 32.1. The molecule has 5 heteroatoms. The van der Waals surface area contributed by atoms with Crippen molar-refractivity contribution >= 4 is 33.7 Å². The highest BCUT2D eigenvalue weighted by Crippen LogP contribution is 2.30. The van der Waals surface area contributed by atoms with Crippen molar-refractivity contribution in [2.45, 2.75) is 25.3 Å². The summed E-state index contributed by atoms with van der Waals surface area (Å²) in [5.41, 5.74) is 0. The van der Waals surface area contributed by atoms with Gasteiger partial charge < -0.3 is 9.69 Å². The van der Waals surface area contributed by atoms with Gasteiger partial charge in [0.05, 0.1) is 11.4 Å². The monoisotopic (exact) mass is 247 g/mol. The summed E-state index contributed by atoms with van der Waals surface area (Å²) < 4.78 is 0. The van der Waals surface area contributed by atoms with Crippen LogP contribution in [0, 0.1) is 0 Å². The lowest BCUT2D eigenvalue weighted by molar-refractivity contribution is -0.109. The zero-order valence-electron chi connectivity index (χ0n) is 9.37. The van der Waals surface area contributed by atoms with E-state index in [1.807, 2.05) is 11.4 Å². The number of hydrogen-bond donors (Lipinski definition) is 0. The summed E-state index contributed by atoms with van der Waals surface area (Å²) in [7, 11) is 0. The molecule has 0 bridgehead atoms. The molecule has 3 heterocycles. The second-order valence-corrected chi connectivity index (χ2v) is 5.12. The number of anilines is 1. The number of nitrogens with zero attached hydrogens (tertiary/aromatic N) is 3. The number of piperidine rings is 1. The molecule has 1 aliphatic heterocycles. The van der Waals surface area contributed by atoms with Crippen LogP contribution in [0.2, 0.25) is 0 Å². The van der Waals surface area contributed by atoms with Gasteiger partial charge in [-0.05, 0) is 30.7 Å². The van der Waals surface area contributed by atoms with Crippen molar-refractivity contribution in [2.75, 3.05) is 11.4 Å². The Hall–Kier alpha value is -1.49. The summed E-state index contributed by atoms with van der Waals surface area (Å²) >= 11 is 1.61. The summed E-state index contributed by atoms with van der Waals surface area (Å²) in [6, 6.07) is 2.01. The maximum Gasteiger partial charge on any atom is 0.142 e. The van der Waals surface area contributed by atoms with E-state index in [9.17, 15) is 4.79 Å². The SMILES string of the molecule is O=CC1CCCCN1c1ncnc2sccc12. The highest BCUT2D eigenvalue weighted by molar-refractivity contribution is 7.16. The van der Waals surface area contributed by atoms with Crippen molar-refractivity contribution in [3.05, 3.63) is 17.8 Å². The molecule has 1 saturated heterocycles. The molecule has 1 atom stereocenters. The molecular formula is C12H13N3OS. The fourth-order valence-corrected chi connectivity index (χ4v) is 3.09. The summed E-state index contributed by atoms with van der Waals surface area (Å²) in [4.78, 5) is 22.8. The van der Waals surface area contributed by atoms with Gasteiger partial charge in [-0.25, -0.2) is 9.97 Å². The molecule has 3 rings (SSSR count). The van der Waals surface area contributed by atoms with E-state index in [1.54, 1.807) is 17.7 Å². The number of thiophene rings is 1. The van der Waals surface area contributed by atoms with Gasteiger partial charge in [-0.15, -0.1) is 11.3 Å². The van der Waals surface area contributed by atoms with E-state index in [4.69, 9.17) is 0 Å². The fourth-order valence-electron chi connectivity index (χ4n) is 2.37. The van der Waals surface area contributed by atoms with E-state index < -0.39 is 0 Å². The summed E-state index contributed by atoms with van der Waals surface area (Å²) in [5, 5.41) is 3.08. The molecule has 2 aromatic heterocycles. The van der Waals surface area contributed by atoms with Gasteiger partial charge in [0.2, 0.25) is 0 Å². The molecular weight excluding hydrogens is 234 g/mol. The van der Waals surface area contributed by atoms with Crippen molar-refractivity contribution in [3.8, 4) is 0 Å². The number of hydrogen-bond acceptors (Lipinski definition) is 5. The Morgan fingerprint density at radius 2 is 2.35 bits per heavy atom. The average Bonchev–Trinajstić information content (AvgIpc) is 2.86. The minimum Gasteiger partial charge on any atom is -0.346 e. The first-order valence-electron chi connectivity index (χ1n) is 5.80. The van der Waals surface area contributed by atoms with Crippen LogP contribution in [0.15, 0.2) is 17.8 Å². The molecule has 0 saturated carbocycles. The van der Waals surface area contributed by atoms with E-state index in [2.05, 4.69) is 14.9 Å². The quantitative estimate of drug-likeness (QED) is 0.764. The molecule has 0 radical (unpaired) electrons. The first-order chi connectivity index (χ1) is 8.40. The van der Waals surface area contributed by atoms with Crippen LogP contribution in [-0.4, -0.2) is 28.8 Å². The number of rotatable bonds is 2. The van der Waals surface area contributed by atoms with Crippen LogP contribution >= 0.6 is 11.3 Å². The van der Waals surface area contributed by atoms with Gasteiger partial charge in [0.15, 0.2) is 0 Å². The third-order valence-electron chi connectivity index (χ3n) is 3.22. The summed E-state index contributed by atoms with van der Waals surface area (Å²) in [5.74, 6) is 0.910. The zero-order valence-corrected chi connectivity index (χ0v) is 10.2. The molecule has 0 amide bonds. The second-order valence-electron chi connectivity index (χ2n) is 4.23. The minimum absolute atomic E-state index is 0.0262. The molecule has 1 aliphatic rings. The minimum atomic E-state index is -0.0262. The second kappa shape index (κ2) is 4.41. The lowest BCUT2D eigenvalue weighted by atomic mass is 10.0. The van der Waals surface area contributed by atoms with Gasteiger partial charge in [0.1, 0.15) is 23.3 Å². The Balaban J connectivity index is 2.07. The lowest BCUT2D eigenvalue weighted by Gasteiger charge is -2.33. The largest absolute Gasteiger partial charge is 0.346 e. The number of fused-ring (bicyclic) bond motifs is 1. The molecule has 1 fully saturated rings.